The molecule has 3 atom stereocenters. The van der Waals surface area contributed by atoms with Crippen molar-refractivity contribution in [3.63, 3.8) is 0 Å². The number of nitrogens with zero attached hydrogens (tertiary/aromatic N) is 1. The predicted octanol–water partition coefficient (Wildman–Crippen LogP) is 0.755. The van der Waals surface area contributed by atoms with Crippen molar-refractivity contribution in [3.05, 3.63) is 47.0 Å². The van der Waals surface area contributed by atoms with E-state index in [0.29, 0.717) is 6.42 Å². The fourth-order valence-corrected chi connectivity index (χ4v) is 3.58. The number of aliphatic hydroxyl groups is 2. The molecule has 0 aromatic heterocycles. The minimum absolute atomic E-state index is 0.270. The molecule has 1 heterocycles. The highest BCUT2D eigenvalue weighted by molar-refractivity contribution is 5.85. The SMILES string of the molecule is OC1CCC2CN=c3ccc4ccccc4c3=C2C1O. The van der Waals surface area contributed by atoms with Crippen LogP contribution in [0.3, 0.4) is 0 Å². The minimum atomic E-state index is -0.756. The van der Waals surface area contributed by atoms with E-state index in [2.05, 4.69) is 23.2 Å². The van der Waals surface area contributed by atoms with Gasteiger partial charge in [-0.1, -0.05) is 30.3 Å². The molecule has 2 aromatic rings. The summed E-state index contributed by atoms with van der Waals surface area (Å²) >= 11 is 0. The van der Waals surface area contributed by atoms with Crippen molar-refractivity contribution in [2.75, 3.05) is 6.54 Å². The summed E-state index contributed by atoms with van der Waals surface area (Å²) in [6.45, 7) is 0.727. The Bertz CT molecular complexity index is 796. The molecule has 3 unspecified atom stereocenters. The number of fused-ring (bicyclic) bond motifs is 4. The number of benzene rings is 2. The molecule has 2 aromatic carbocycles. The largest absolute Gasteiger partial charge is 0.390 e. The fourth-order valence-electron chi connectivity index (χ4n) is 3.58. The highest BCUT2D eigenvalue weighted by Gasteiger charge is 2.34. The first kappa shape index (κ1) is 12.1. The molecule has 4 rings (SSSR count). The van der Waals surface area contributed by atoms with Crippen molar-refractivity contribution >= 4 is 16.3 Å². The zero-order valence-corrected chi connectivity index (χ0v) is 11.2. The molecule has 2 N–H and O–H groups in total. The van der Waals surface area contributed by atoms with E-state index in [1.165, 1.54) is 0 Å². The zero-order valence-electron chi connectivity index (χ0n) is 11.2. The van der Waals surface area contributed by atoms with Gasteiger partial charge in [0.15, 0.2) is 0 Å². The summed E-state index contributed by atoms with van der Waals surface area (Å²) < 4.78 is 0. The van der Waals surface area contributed by atoms with Crippen LogP contribution in [0.2, 0.25) is 0 Å². The molecular formula is C17H17NO2. The van der Waals surface area contributed by atoms with Crippen LogP contribution in [-0.4, -0.2) is 29.0 Å². The third kappa shape index (κ3) is 1.63. The van der Waals surface area contributed by atoms with Crippen molar-refractivity contribution < 1.29 is 10.2 Å². The Morgan fingerprint density at radius 1 is 1.00 bits per heavy atom. The number of aliphatic hydroxyl groups excluding tert-OH is 2. The lowest BCUT2D eigenvalue weighted by molar-refractivity contribution is 0.0279. The quantitative estimate of drug-likeness (QED) is 0.740. The van der Waals surface area contributed by atoms with Gasteiger partial charge in [0.25, 0.3) is 0 Å². The number of hydrogen-bond donors (Lipinski definition) is 2. The molecule has 1 aliphatic carbocycles. The van der Waals surface area contributed by atoms with Gasteiger partial charge in [-0.25, -0.2) is 0 Å². The standard InChI is InChI=1S/C17H17NO2/c19-14-8-6-11-9-18-13-7-5-10-3-1-2-4-12(10)16(13)15(11)17(14)20/h1-5,7,11,14,17,19-20H,6,8-9H2. The van der Waals surface area contributed by atoms with E-state index in [1.807, 2.05) is 18.2 Å². The smallest absolute Gasteiger partial charge is 0.102 e. The molecule has 3 heteroatoms. The van der Waals surface area contributed by atoms with E-state index in [4.69, 9.17) is 0 Å². The first-order valence-electron chi connectivity index (χ1n) is 7.18. The monoisotopic (exact) mass is 267 g/mol. The van der Waals surface area contributed by atoms with Gasteiger partial charge in [0.1, 0.15) is 6.10 Å². The van der Waals surface area contributed by atoms with Crippen LogP contribution in [0.5, 0.6) is 0 Å². The fraction of sp³-hybridized carbons (Fsp3) is 0.353. The second-order valence-corrected chi connectivity index (χ2v) is 5.76. The van der Waals surface area contributed by atoms with Gasteiger partial charge in [0.2, 0.25) is 0 Å². The van der Waals surface area contributed by atoms with Crippen LogP contribution in [-0.2, 0) is 0 Å². The summed E-state index contributed by atoms with van der Waals surface area (Å²) in [7, 11) is 0. The minimum Gasteiger partial charge on any atom is -0.390 e. The van der Waals surface area contributed by atoms with Crippen LogP contribution in [0, 0.1) is 5.92 Å². The van der Waals surface area contributed by atoms with Crippen LogP contribution in [0.4, 0.5) is 0 Å². The second kappa shape index (κ2) is 4.40. The maximum atomic E-state index is 10.5. The molecule has 1 fully saturated rings. The summed E-state index contributed by atoms with van der Waals surface area (Å²) in [5, 5.41) is 24.7. The number of rotatable bonds is 0. The Kier molecular flexibility index (Phi) is 2.65. The van der Waals surface area contributed by atoms with Crippen molar-refractivity contribution in [1.82, 2.24) is 0 Å². The normalized spacial score (nSPS) is 28.7. The van der Waals surface area contributed by atoms with Crippen LogP contribution in [0.15, 0.2) is 41.4 Å². The molecule has 0 spiro atoms. The van der Waals surface area contributed by atoms with Gasteiger partial charge in [-0.2, -0.15) is 0 Å². The molecule has 0 amide bonds. The molecular weight excluding hydrogens is 250 g/mol. The molecule has 1 saturated carbocycles. The highest BCUT2D eigenvalue weighted by Crippen LogP contribution is 2.32. The van der Waals surface area contributed by atoms with E-state index >= 15 is 0 Å². The molecule has 1 aliphatic heterocycles. The van der Waals surface area contributed by atoms with Gasteiger partial charge in [-0.05, 0) is 35.3 Å². The van der Waals surface area contributed by atoms with E-state index in [0.717, 1.165) is 39.9 Å². The Balaban J connectivity index is 2.17. The lowest BCUT2D eigenvalue weighted by atomic mass is 9.78. The Morgan fingerprint density at radius 2 is 1.85 bits per heavy atom. The van der Waals surface area contributed by atoms with E-state index < -0.39 is 12.2 Å². The first-order chi connectivity index (χ1) is 9.75. The van der Waals surface area contributed by atoms with Gasteiger partial charge < -0.3 is 10.2 Å². The third-order valence-electron chi connectivity index (χ3n) is 4.61. The third-order valence-corrected chi connectivity index (χ3v) is 4.61. The molecule has 0 radical (unpaired) electrons. The second-order valence-electron chi connectivity index (χ2n) is 5.76. The van der Waals surface area contributed by atoms with E-state index in [1.54, 1.807) is 0 Å². The summed E-state index contributed by atoms with van der Waals surface area (Å²) in [6, 6.07) is 12.3. The Labute approximate surface area is 116 Å². The van der Waals surface area contributed by atoms with Gasteiger partial charge in [0, 0.05) is 17.7 Å². The molecule has 0 bridgehead atoms. The zero-order chi connectivity index (χ0) is 13.7. The van der Waals surface area contributed by atoms with Crippen molar-refractivity contribution in [2.45, 2.75) is 25.0 Å². The van der Waals surface area contributed by atoms with Gasteiger partial charge in [-0.3, -0.25) is 4.99 Å². The predicted molar refractivity (Wildman–Crippen MR) is 77.7 cm³/mol. The topological polar surface area (TPSA) is 52.8 Å². The maximum Gasteiger partial charge on any atom is 0.102 e. The Morgan fingerprint density at radius 3 is 2.75 bits per heavy atom. The summed E-state index contributed by atoms with van der Waals surface area (Å²) in [6.07, 6.45) is 0.157. The van der Waals surface area contributed by atoms with Crippen molar-refractivity contribution in [3.8, 4) is 0 Å². The lowest BCUT2D eigenvalue weighted by Crippen LogP contribution is -2.46. The van der Waals surface area contributed by atoms with Crippen LogP contribution < -0.4 is 10.6 Å². The average Bonchev–Trinajstić information content (AvgIpc) is 2.50. The van der Waals surface area contributed by atoms with E-state index in [-0.39, 0.29) is 5.92 Å². The first-order valence-corrected chi connectivity index (χ1v) is 7.18. The summed E-state index contributed by atoms with van der Waals surface area (Å²) in [4.78, 5) is 4.67. The van der Waals surface area contributed by atoms with Gasteiger partial charge >= 0.3 is 0 Å². The molecule has 20 heavy (non-hydrogen) atoms. The molecule has 3 nitrogen and oxygen atoms in total. The van der Waals surface area contributed by atoms with Gasteiger partial charge in [-0.15, -0.1) is 0 Å². The number of hydrogen-bond acceptors (Lipinski definition) is 3. The van der Waals surface area contributed by atoms with Crippen LogP contribution in [0.25, 0.3) is 16.3 Å². The average molecular weight is 267 g/mol. The van der Waals surface area contributed by atoms with Gasteiger partial charge in [0.05, 0.1) is 11.5 Å². The van der Waals surface area contributed by atoms with Crippen molar-refractivity contribution in [2.24, 2.45) is 10.9 Å². The highest BCUT2D eigenvalue weighted by atomic mass is 16.3. The molecule has 2 aliphatic rings. The Hall–Kier alpha value is -1.71. The summed E-state index contributed by atoms with van der Waals surface area (Å²) in [5.74, 6) is 0.270. The summed E-state index contributed by atoms with van der Waals surface area (Å²) in [5.41, 5.74) is 0.991. The van der Waals surface area contributed by atoms with Crippen LogP contribution >= 0.6 is 0 Å². The maximum absolute atomic E-state index is 10.5. The lowest BCUT2D eigenvalue weighted by Gasteiger charge is -2.34. The van der Waals surface area contributed by atoms with Crippen LogP contribution in [0.1, 0.15) is 12.8 Å². The molecule has 102 valence electrons. The van der Waals surface area contributed by atoms with Crippen molar-refractivity contribution in [1.29, 1.82) is 0 Å². The molecule has 0 saturated heterocycles. The van der Waals surface area contributed by atoms with E-state index in [9.17, 15) is 10.2 Å².